The van der Waals surface area contributed by atoms with Crippen molar-refractivity contribution in [2.75, 3.05) is 0 Å². The molecule has 4 heteroatoms. The molecule has 0 amide bonds. The van der Waals surface area contributed by atoms with Crippen molar-refractivity contribution >= 4 is 11.0 Å². The standard InChI is InChI=1S/C6H6N4.C2H6/c1-10-6-2-3-7-4-5(6)8-9-10;1-2/h2-4H,1H3;1-2H3. The van der Waals surface area contributed by atoms with Crippen LogP contribution in [0.2, 0.25) is 0 Å². The van der Waals surface area contributed by atoms with E-state index in [2.05, 4.69) is 15.3 Å². The molecule has 2 aromatic heterocycles. The van der Waals surface area contributed by atoms with Gasteiger partial charge in [-0.05, 0) is 6.07 Å². The normalized spacial score (nSPS) is 9.25. The van der Waals surface area contributed by atoms with E-state index in [1.54, 1.807) is 17.1 Å². The van der Waals surface area contributed by atoms with Gasteiger partial charge in [0.2, 0.25) is 0 Å². The third kappa shape index (κ3) is 1.42. The Morgan fingerprint density at radius 2 is 2.08 bits per heavy atom. The number of fused-ring (bicyclic) bond motifs is 1. The predicted octanol–water partition coefficient (Wildman–Crippen LogP) is 1.39. The Morgan fingerprint density at radius 3 is 2.75 bits per heavy atom. The van der Waals surface area contributed by atoms with E-state index in [0.717, 1.165) is 11.0 Å². The van der Waals surface area contributed by atoms with Crippen molar-refractivity contribution in [2.24, 2.45) is 7.05 Å². The molecular formula is C8H12N4. The van der Waals surface area contributed by atoms with Crippen molar-refractivity contribution < 1.29 is 0 Å². The highest BCUT2D eigenvalue weighted by atomic mass is 15.4. The summed E-state index contributed by atoms with van der Waals surface area (Å²) in [6, 6.07) is 1.88. The molecule has 0 unspecified atom stereocenters. The van der Waals surface area contributed by atoms with Crippen LogP contribution in [0.5, 0.6) is 0 Å². The molecule has 0 bridgehead atoms. The van der Waals surface area contributed by atoms with E-state index in [-0.39, 0.29) is 0 Å². The van der Waals surface area contributed by atoms with Crippen LogP contribution in [0.25, 0.3) is 11.0 Å². The van der Waals surface area contributed by atoms with Crippen LogP contribution in [0.15, 0.2) is 18.5 Å². The van der Waals surface area contributed by atoms with E-state index in [1.165, 1.54) is 0 Å². The molecule has 0 aliphatic carbocycles. The van der Waals surface area contributed by atoms with Crippen molar-refractivity contribution in [1.82, 2.24) is 20.0 Å². The molecule has 2 heterocycles. The minimum absolute atomic E-state index is 0.838. The van der Waals surface area contributed by atoms with Gasteiger partial charge in [-0.15, -0.1) is 5.10 Å². The van der Waals surface area contributed by atoms with Crippen LogP contribution in [0.3, 0.4) is 0 Å². The maximum atomic E-state index is 3.91. The lowest BCUT2D eigenvalue weighted by atomic mass is 10.4. The molecule has 4 nitrogen and oxygen atoms in total. The fourth-order valence-corrected chi connectivity index (χ4v) is 0.893. The van der Waals surface area contributed by atoms with E-state index in [1.807, 2.05) is 27.0 Å². The monoisotopic (exact) mass is 164 g/mol. The molecular weight excluding hydrogens is 152 g/mol. The number of aryl methyl sites for hydroxylation is 1. The number of nitrogens with zero attached hydrogens (tertiary/aromatic N) is 4. The fourth-order valence-electron chi connectivity index (χ4n) is 0.893. The second-order valence-corrected chi connectivity index (χ2v) is 2.08. The smallest absolute Gasteiger partial charge is 0.131 e. The van der Waals surface area contributed by atoms with Crippen molar-refractivity contribution in [2.45, 2.75) is 13.8 Å². The summed E-state index contributed by atoms with van der Waals surface area (Å²) in [7, 11) is 1.86. The highest BCUT2D eigenvalue weighted by Crippen LogP contribution is 2.04. The van der Waals surface area contributed by atoms with Crippen LogP contribution in [0.1, 0.15) is 13.8 Å². The molecule has 0 fully saturated rings. The second kappa shape index (κ2) is 3.80. The van der Waals surface area contributed by atoms with Gasteiger partial charge in [0.05, 0.1) is 11.7 Å². The van der Waals surface area contributed by atoms with Crippen LogP contribution in [0, 0.1) is 0 Å². The van der Waals surface area contributed by atoms with Gasteiger partial charge in [-0.3, -0.25) is 4.98 Å². The first-order valence-corrected chi connectivity index (χ1v) is 3.97. The van der Waals surface area contributed by atoms with E-state index in [0.29, 0.717) is 0 Å². The molecule has 2 aromatic rings. The molecule has 0 aromatic carbocycles. The van der Waals surface area contributed by atoms with Crippen LogP contribution in [0.4, 0.5) is 0 Å². The van der Waals surface area contributed by atoms with Crippen LogP contribution in [-0.4, -0.2) is 20.0 Å². The van der Waals surface area contributed by atoms with Gasteiger partial charge in [-0.1, -0.05) is 19.1 Å². The van der Waals surface area contributed by atoms with Gasteiger partial charge in [-0.25, -0.2) is 4.68 Å². The molecule has 0 atom stereocenters. The van der Waals surface area contributed by atoms with Crippen LogP contribution < -0.4 is 0 Å². The number of rotatable bonds is 0. The third-order valence-corrected chi connectivity index (χ3v) is 1.41. The molecule has 2 rings (SSSR count). The SMILES string of the molecule is CC.Cn1nnc2cnccc21. The van der Waals surface area contributed by atoms with Crippen molar-refractivity contribution in [3.05, 3.63) is 18.5 Å². The zero-order chi connectivity index (χ0) is 8.97. The average molecular weight is 164 g/mol. The molecule has 0 saturated carbocycles. The lowest BCUT2D eigenvalue weighted by molar-refractivity contribution is 0.736. The summed E-state index contributed by atoms with van der Waals surface area (Å²) in [6.45, 7) is 4.00. The highest BCUT2D eigenvalue weighted by molar-refractivity contribution is 5.72. The highest BCUT2D eigenvalue weighted by Gasteiger charge is 1.96. The predicted molar refractivity (Wildman–Crippen MR) is 47.7 cm³/mol. The molecule has 12 heavy (non-hydrogen) atoms. The molecule has 0 saturated heterocycles. The Bertz CT molecular complexity index is 353. The lowest BCUT2D eigenvalue weighted by Gasteiger charge is -1.86. The summed E-state index contributed by atoms with van der Waals surface area (Å²) in [5, 5.41) is 7.69. The minimum Gasteiger partial charge on any atom is -0.262 e. The third-order valence-electron chi connectivity index (χ3n) is 1.41. The van der Waals surface area contributed by atoms with Gasteiger partial charge < -0.3 is 0 Å². The van der Waals surface area contributed by atoms with Crippen molar-refractivity contribution in [3.8, 4) is 0 Å². The summed E-state index contributed by atoms with van der Waals surface area (Å²) in [5.74, 6) is 0. The van der Waals surface area contributed by atoms with Gasteiger partial charge >= 0.3 is 0 Å². The number of aromatic nitrogens is 4. The Morgan fingerprint density at radius 1 is 1.33 bits per heavy atom. The largest absolute Gasteiger partial charge is 0.262 e. The van der Waals surface area contributed by atoms with Gasteiger partial charge in [0, 0.05) is 13.2 Å². The van der Waals surface area contributed by atoms with E-state index < -0.39 is 0 Å². The Balaban J connectivity index is 0.000000336. The first kappa shape index (κ1) is 8.64. The first-order chi connectivity index (χ1) is 5.88. The van der Waals surface area contributed by atoms with Crippen molar-refractivity contribution in [3.63, 3.8) is 0 Å². The molecule has 0 aliphatic heterocycles. The zero-order valence-electron chi connectivity index (χ0n) is 7.52. The Hall–Kier alpha value is -1.45. The maximum Gasteiger partial charge on any atom is 0.131 e. The summed E-state index contributed by atoms with van der Waals surface area (Å²) in [6.07, 6.45) is 3.42. The molecule has 0 spiro atoms. The van der Waals surface area contributed by atoms with Gasteiger partial charge in [-0.2, -0.15) is 0 Å². The summed E-state index contributed by atoms with van der Waals surface area (Å²) < 4.78 is 1.72. The first-order valence-electron chi connectivity index (χ1n) is 3.97. The van der Waals surface area contributed by atoms with Gasteiger partial charge in [0.15, 0.2) is 0 Å². The molecule has 0 aliphatic rings. The van der Waals surface area contributed by atoms with Crippen molar-refractivity contribution in [1.29, 1.82) is 0 Å². The number of hydrogen-bond acceptors (Lipinski definition) is 3. The fraction of sp³-hybridized carbons (Fsp3) is 0.375. The lowest BCUT2D eigenvalue weighted by Crippen LogP contribution is -1.88. The molecule has 0 N–H and O–H groups in total. The zero-order valence-corrected chi connectivity index (χ0v) is 7.52. The maximum absolute atomic E-state index is 3.91. The molecule has 64 valence electrons. The number of hydrogen-bond donors (Lipinski definition) is 0. The average Bonchev–Trinajstić information content (AvgIpc) is 2.53. The Labute approximate surface area is 71.2 Å². The van der Waals surface area contributed by atoms with Gasteiger partial charge in [0.1, 0.15) is 5.52 Å². The van der Waals surface area contributed by atoms with E-state index in [9.17, 15) is 0 Å². The molecule has 0 radical (unpaired) electrons. The Kier molecular flexibility index (Phi) is 2.74. The van der Waals surface area contributed by atoms with E-state index >= 15 is 0 Å². The number of pyridine rings is 1. The van der Waals surface area contributed by atoms with E-state index in [4.69, 9.17) is 0 Å². The summed E-state index contributed by atoms with van der Waals surface area (Å²) in [5.41, 5.74) is 1.85. The topological polar surface area (TPSA) is 43.6 Å². The summed E-state index contributed by atoms with van der Waals surface area (Å²) >= 11 is 0. The second-order valence-electron chi connectivity index (χ2n) is 2.08. The summed E-state index contributed by atoms with van der Waals surface area (Å²) in [4.78, 5) is 3.91. The van der Waals surface area contributed by atoms with Crippen LogP contribution >= 0.6 is 0 Å². The quantitative estimate of drug-likeness (QED) is 0.591. The van der Waals surface area contributed by atoms with Gasteiger partial charge in [0.25, 0.3) is 0 Å². The van der Waals surface area contributed by atoms with Crippen LogP contribution in [-0.2, 0) is 7.05 Å². The minimum atomic E-state index is 0.838.